The van der Waals surface area contributed by atoms with Gasteiger partial charge < -0.3 is 0 Å². The average molecular weight is 349 g/mol. The Morgan fingerprint density at radius 3 is 1.92 bits per heavy atom. The van der Waals surface area contributed by atoms with Gasteiger partial charge in [-0.15, -0.1) is 4.91 Å². The van der Waals surface area contributed by atoms with Crippen LogP contribution in [0.4, 0.5) is 13.2 Å². The molecule has 0 radical (unpaired) electrons. The van der Waals surface area contributed by atoms with Gasteiger partial charge in [0, 0.05) is 13.1 Å². The Morgan fingerprint density at radius 2 is 1.40 bits per heavy atom. The van der Waals surface area contributed by atoms with E-state index in [0.29, 0.717) is 26.2 Å². The fourth-order valence-electron chi connectivity index (χ4n) is 3.16. The highest BCUT2D eigenvalue weighted by atomic mass is 19.4. The molecule has 2 aromatic carbocycles. The second-order valence-electron chi connectivity index (χ2n) is 6.00. The highest BCUT2D eigenvalue weighted by Crippen LogP contribution is 2.33. The van der Waals surface area contributed by atoms with E-state index < -0.39 is 11.7 Å². The third-order valence-electron chi connectivity index (χ3n) is 4.44. The number of piperazine rings is 1. The summed E-state index contributed by atoms with van der Waals surface area (Å²) in [5, 5.41) is 4.42. The molecule has 25 heavy (non-hydrogen) atoms. The van der Waals surface area contributed by atoms with Gasteiger partial charge in [-0.1, -0.05) is 42.5 Å². The first-order valence-electron chi connectivity index (χ1n) is 8.03. The summed E-state index contributed by atoms with van der Waals surface area (Å²) >= 11 is 0. The van der Waals surface area contributed by atoms with E-state index in [1.807, 2.05) is 30.3 Å². The van der Waals surface area contributed by atoms with Gasteiger partial charge in [-0.25, -0.2) is 0 Å². The predicted octanol–water partition coefficient (Wildman–Crippen LogP) is 4.09. The van der Waals surface area contributed by atoms with Crippen molar-refractivity contribution in [2.75, 3.05) is 26.2 Å². The summed E-state index contributed by atoms with van der Waals surface area (Å²) in [5.41, 5.74) is 1.15. The van der Waals surface area contributed by atoms with E-state index in [1.54, 1.807) is 0 Å². The Labute approximate surface area is 143 Å². The largest absolute Gasteiger partial charge is 0.416 e. The summed E-state index contributed by atoms with van der Waals surface area (Å²) in [4.78, 5) is 12.8. The average Bonchev–Trinajstić information content (AvgIpc) is 2.63. The summed E-state index contributed by atoms with van der Waals surface area (Å²) in [6, 6.07) is 14.8. The van der Waals surface area contributed by atoms with E-state index in [0.717, 1.165) is 23.3 Å². The van der Waals surface area contributed by atoms with Crippen molar-refractivity contribution in [3.63, 3.8) is 0 Å². The predicted molar refractivity (Wildman–Crippen MR) is 88.7 cm³/mol. The maximum absolute atomic E-state index is 12.8. The van der Waals surface area contributed by atoms with Gasteiger partial charge >= 0.3 is 6.18 Å². The molecule has 1 saturated heterocycles. The van der Waals surface area contributed by atoms with Crippen LogP contribution >= 0.6 is 0 Å². The number of rotatable bonds is 4. The van der Waals surface area contributed by atoms with Gasteiger partial charge in [0.25, 0.3) is 0 Å². The molecule has 0 spiro atoms. The molecule has 0 bridgehead atoms. The van der Waals surface area contributed by atoms with E-state index in [1.165, 1.54) is 17.1 Å². The van der Waals surface area contributed by atoms with Crippen molar-refractivity contribution >= 4 is 0 Å². The smallest absolute Gasteiger partial charge is 0.289 e. The van der Waals surface area contributed by atoms with Gasteiger partial charge in [0.1, 0.15) is 0 Å². The van der Waals surface area contributed by atoms with Crippen LogP contribution in [0.3, 0.4) is 0 Å². The van der Waals surface area contributed by atoms with Crippen molar-refractivity contribution < 1.29 is 13.2 Å². The molecule has 3 rings (SSSR count). The van der Waals surface area contributed by atoms with E-state index in [4.69, 9.17) is 0 Å². The number of hydrogen-bond acceptors (Lipinski definition) is 3. The Balaban J connectivity index is 1.91. The van der Waals surface area contributed by atoms with Crippen LogP contribution in [0.15, 0.2) is 59.9 Å². The Kier molecular flexibility index (Phi) is 5.03. The minimum atomic E-state index is -4.35. The summed E-state index contributed by atoms with van der Waals surface area (Å²) < 4.78 is 38.5. The molecule has 1 fully saturated rings. The maximum Gasteiger partial charge on any atom is 0.416 e. The van der Waals surface area contributed by atoms with Crippen molar-refractivity contribution in [2.45, 2.75) is 12.2 Å². The molecule has 7 heteroatoms. The fraction of sp³-hybridized carbons (Fsp3) is 0.333. The lowest BCUT2D eigenvalue weighted by molar-refractivity contribution is -0.137. The molecule has 1 aliphatic rings. The molecule has 4 nitrogen and oxygen atoms in total. The van der Waals surface area contributed by atoms with Crippen molar-refractivity contribution in [1.29, 1.82) is 0 Å². The molecule has 1 aliphatic heterocycles. The second-order valence-corrected chi connectivity index (χ2v) is 6.00. The van der Waals surface area contributed by atoms with Crippen molar-refractivity contribution in [2.24, 2.45) is 5.29 Å². The van der Waals surface area contributed by atoms with Crippen LogP contribution in [-0.4, -0.2) is 36.1 Å². The Hall–Kier alpha value is -2.41. The lowest BCUT2D eigenvalue weighted by Crippen LogP contribution is -2.45. The van der Waals surface area contributed by atoms with Crippen molar-refractivity contribution in [3.05, 3.63) is 76.2 Å². The Bertz CT molecular complexity index is 696. The van der Waals surface area contributed by atoms with Crippen LogP contribution in [0.25, 0.3) is 0 Å². The second kappa shape index (κ2) is 7.23. The lowest BCUT2D eigenvalue weighted by Gasteiger charge is -2.37. The zero-order valence-electron chi connectivity index (χ0n) is 13.5. The summed E-state index contributed by atoms with van der Waals surface area (Å²) in [5.74, 6) is 0. The van der Waals surface area contributed by atoms with Gasteiger partial charge in [0.05, 0.1) is 30.0 Å². The number of nitrogens with zero attached hydrogens (tertiary/aromatic N) is 3. The molecule has 0 amide bonds. The Morgan fingerprint density at radius 1 is 0.840 bits per heavy atom. The third-order valence-corrected chi connectivity index (χ3v) is 4.44. The van der Waals surface area contributed by atoms with Crippen LogP contribution in [0.5, 0.6) is 0 Å². The molecule has 2 aromatic rings. The van der Waals surface area contributed by atoms with Gasteiger partial charge in [-0.05, 0) is 23.3 Å². The van der Waals surface area contributed by atoms with Gasteiger partial charge in [0.15, 0.2) is 0 Å². The standard InChI is InChI=1S/C18H18F3N3O/c19-18(20,21)16-8-6-15(7-9-16)17(14-4-2-1-3-5-14)23-10-12-24(22-25)13-11-23/h1-9,17H,10-13H2. The summed E-state index contributed by atoms with van der Waals surface area (Å²) in [7, 11) is 0. The quantitative estimate of drug-likeness (QED) is 0.780. The minimum Gasteiger partial charge on any atom is -0.289 e. The molecular formula is C18H18F3N3O. The minimum absolute atomic E-state index is 0.155. The normalized spacial score (nSPS) is 17.3. The van der Waals surface area contributed by atoms with Crippen LogP contribution in [-0.2, 0) is 6.18 Å². The molecule has 1 atom stereocenters. The lowest BCUT2D eigenvalue weighted by atomic mass is 9.95. The number of hydrogen-bond donors (Lipinski definition) is 0. The molecule has 1 heterocycles. The summed E-state index contributed by atoms with van der Waals surface area (Å²) in [6.45, 7) is 2.25. The zero-order chi connectivity index (χ0) is 17.9. The first-order chi connectivity index (χ1) is 12.0. The fourth-order valence-corrected chi connectivity index (χ4v) is 3.16. The van der Waals surface area contributed by atoms with Gasteiger partial charge in [-0.3, -0.25) is 9.91 Å². The van der Waals surface area contributed by atoms with Crippen molar-refractivity contribution in [1.82, 2.24) is 9.91 Å². The molecule has 0 aliphatic carbocycles. The van der Waals surface area contributed by atoms with Crippen LogP contribution in [0, 0.1) is 4.91 Å². The number of halogens is 3. The molecule has 0 saturated carbocycles. The van der Waals surface area contributed by atoms with Gasteiger partial charge in [-0.2, -0.15) is 13.2 Å². The van der Waals surface area contributed by atoms with E-state index in [-0.39, 0.29) is 6.04 Å². The van der Waals surface area contributed by atoms with Crippen LogP contribution in [0.2, 0.25) is 0 Å². The van der Waals surface area contributed by atoms with Gasteiger partial charge in [0.2, 0.25) is 0 Å². The zero-order valence-corrected chi connectivity index (χ0v) is 13.5. The monoisotopic (exact) mass is 349 g/mol. The number of alkyl halides is 3. The molecule has 132 valence electrons. The SMILES string of the molecule is O=NN1CCN(C(c2ccccc2)c2ccc(C(F)(F)F)cc2)CC1. The number of benzene rings is 2. The van der Waals surface area contributed by atoms with Crippen molar-refractivity contribution in [3.8, 4) is 0 Å². The highest BCUT2D eigenvalue weighted by molar-refractivity contribution is 5.34. The van der Waals surface area contributed by atoms with E-state index >= 15 is 0 Å². The molecule has 0 N–H and O–H groups in total. The first kappa shape index (κ1) is 17.4. The van der Waals surface area contributed by atoms with E-state index in [2.05, 4.69) is 10.2 Å². The maximum atomic E-state index is 12.8. The molecule has 1 unspecified atom stereocenters. The third kappa shape index (κ3) is 3.99. The first-order valence-corrected chi connectivity index (χ1v) is 8.03. The highest BCUT2D eigenvalue weighted by Gasteiger charge is 2.31. The van der Waals surface area contributed by atoms with Crippen LogP contribution < -0.4 is 0 Å². The number of nitroso groups, excluding NO2 is 1. The topological polar surface area (TPSA) is 35.9 Å². The van der Waals surface area contributed by atoms with E-state index in [9.17, 15) is 18.1 Å². The molecular weight excluding hydrogens is 331 g/mol. The summed E-state index contributed by atoms with van der Waals surface area (Å²) in [6.07, 6.45) is -4.35. The molecule has 0 aromatic heterocycles. The van der Waals surface area contributed by atoms with Crippen LogP contribution in [0.1, 0.15) is 22.7 Å².